The largest absolute Gasteiger partial charge is 0.467 e. The van der Waals surface area contributed by atoms with E-state index in [1.807, 2.05) is 0 Å². The molecule has 2 aliphatic rings. The molecule has 0 fully saturated rings. The summed E-state index contributed by atoms with van der Waals surface area (Å²) in [5.74, 6) is -0.687. The molecule has 7 nitrogen and oxygen atoms in total. The summed E-state index contributed by atoms with van der Waals surface area (Å²) in [4.78, 5) is 44.9. The van der Waals surface area contributed by atoms with Crippen molar-refractivity contribution in [3.63, 3.8) is 0 Å². The lowest BCUT2D eigenvalue weighted by Gasteiger charge is -2.33. The molecule has 0 aliphatic carbocycles. The van der Waals surface area contributed by atoms with Crippen molar-refractivity contribution < 1.29 is 18.4 Å². The number of hydrogen-bond donors (Lipinski definition) is 0. The zero-order chi connectivity index (χ0) is 23.6. The van der Waals surface area contributed by atoms with Crippen LogP contribution in [0.5, 0.6) is 0 Å². The maximum Gasteiger partial charge on any atom is 0.291 e. The average Bonchev–Trinajstić information content (AvgIpc) is 3.50. The molecule has 8 heteroatoms. The lowest BCUT2D eigenvalue weighted by atomic mass is 9.84. The Morgan fingerprint density at radius 1 is 1.06 bits per heavy atom. The van der Waals surface area contributed by atoms with Crippen LogP contribution in [0.25, 0.3) is 11.0 Å². The van der Waals surface area contributed by atoms with Gasteiger partial charge in [0.1, 0.15) is 11.3 Å². The van der Waals surface area contributed by atoms with E-state index in [0.29, 0.717) is 22.0 Å². The first kappa shape index (κ1) is 20.5. The fourth-order valence-electron chi connectivity index (χ4n) is 5.05. The van der Waals surface area contributed by atoms with E-state index in [4.69, 9.17) is 20.4 Å². The molecule has 4 heterocycles. The Balaban J connectivity index is 1.73. The lowest BCUT2D eigenvalue weighted by Crippen LogP contribution is -2.53. The zero-order valence-corrected chi connectivity index (χ0v) is 18.5. The number of carbonyl (C=O) groups excluding carboxylic acids is 2. The molecule has 0 saturated heterocycles. The van der Waals surface area contributed by atoms with E-state index in [2.05, 4.69) is 6.58 Å². The fraction of sp³-hybridized carbons (Fsp3) is 0.115. The van der Waals surface area contributed by atoms with Crippen molar-refractivity contribution in [1.82, 2.24) is 4.90 Å². The minimum absolute atomic E-state index is 0.0113. The summed E-state index contributed by atoms with van der Waals surface area (Å²) < 4.78 is 11.5. The lowest BCUT2D eigenvalue weighted by molar-refractivity contribution is -0.126. The van der Waals surface area contributed by atoms with Gasteiger partial charge in [-0.05, 0) is 36.4 Å². The summed E-state index contributed by atoms with van der Waals surface area (Å²) in [5.41, 5.74) is -0.855. The second-order valence-corrected chi connectivity index (χ2v) is 8.61. The van der Waals surface area contributed by atoms with E-state index < -0.39 is 22.8 Å². The number of rotatable bonds is 4. The van der Waals surface area contributed by atoms with Crippen molar-refractivity contribution in [1.29, 1.82) is 0 Å². The highest BCUT2D eigenvalue weighted by Crippen LogP contribution is 2.53. The molecule has 0 bridgehead atoms. The molecule has 4 aromatic rings. The average molecular weight is 473 g/mol. The number of hydrogen-bond acceptors (Lipinski definition) is 5. The Hall–Kier alpha value is -4.10. The van der Waals surface area contributed by atoms with Crippen LogP contribution in [0.4, 0.5) is 5.69 Å². The first-order chi connectivity index (χ1) is 16.5. The third-order valence-corrected chi connectivity index (χ3v) is 6.64. The number of carbonyl (C=O) groups is 2. The number of anilines is 1. The summed E-state index contributed by atoms with van der Waals surface area (Å²) in [6.45, 7) is 3.95. The molecule has 0 saturated carbocycles. The molecule has 2 aromatic carbocycles. The van der Waals surface area contributed by atoms with Crippen LogP contribution >= 0.6 is 11.6 Å². The van der Waals surface area contributed by atoms with E-state index in [1.54, 1.807) is 54.6 Å². The van der Waals surface area contributed by atoms with Gasteiger partial charge in [-0.1, -0.05) is 35.9 Å². The molecule has 1 atom stereocenters. The topological polar surface area (TPSA) is 84.0 Å². The minimum atomic E-state index is -1.71. The second kappa shape index (κ2) is 7.20. The summed E-state index contributed by atoms with van der Waals surface area (Å²) >= 11 is 6.16. The van der Waals surface area contributed by atoms with Crippen molar-refractivity contribution in [2.75, 3.05) is 11.4 Å². The van der Waals surface area contributed by atoms with Gasteiger partial charge in [-0.25, -0.2) is 0 Å². The highest BCUT2D eigenvalue weighted by molar-refractivity contribution is 6.31. The van der Waals surface area contributed by atoms with E-state index in [0.717, 1.165) is 0 Å². The zero-order valence-electron chi connectivity index (χ0n) is 17.8. The van der Waals surface area contributed by atoms with E-state index in [-0.39, 0.29) is 35.4 Å². The molecule has 168 valence electrons. The highest BCUT2D eigenvalue weighted by Gasteiger charge is 2.65. The first-order valence-corrected chi connectivity index (χ1v) is 11.0. The third-order valence-electron chi connectivity index (χ3n) is 6.40. The SMILES string of the molecule is C=CCN1C(=O)C2(c3ccccc31)c1c(oc3ccc(Cl)cc3c1=O)C(=O)N2Cc1ccco1. The number of para-hydroxylation sites is 1. The van der Waals surface area contributed by atoms with Crippen molar-refractivity contribution in [2.24, 2.45) is 0 Å². The van der Waals surface area contributed by atoms with Gasteiger partial charge in [0.2, 0.25) is 5.76 Å². The third kappa shape index (κ3) is 2.50. The van der Waals surface area contributed by atoms with Gasteiger partial charge in [0, 0.05) is 17.1 Å². The standard InChI is InChI=1S/C26H17ClN2O5/c1-2-11-28-19-8-4-3-7-18(19)26(25(28)32)21-22(30)17-13-15(27)9-10-20(17)34-23(21)24(31)29(26)14-16-6-5-12-33-16/h2-10,12-13H,1,11,14H2. The van der Waals surface area contributed by atoms with Crippen LogP contribution in [0, 0.1) is 0 Å². The Morgan fingerprint density at radius 3 is 2.65 bits per heavy atom. The van der Waals surface area contributed by atoms with Gasteiger partial charge in [0.05, 0.1) is 29.4 Å². The second-order valence-electron chi connectivity index (χ2n) is 8.18. The van der Waals surface area contributed by atoms with Gasteiger partial charge in [-0.15, -0.1) is 6.58 Å². The van der Waals surface area contributed by atoms with Crippen LogP contribution < -0.4 is 10.3 Å². The van der Waals surface area contributed by atoms with Crippen LogP contribution in [0.15, 0.2) is 87.1 Å². The molecule has 6 rings (SSSR count). The van der Waals surface area contributed by atoms with Crippen LogP contribution in [-0.2, 0) is 16.9 Å². The molecule has 34 heavy (non-hydrogen) atoms. The molecule has 1 unspecified atom stereocenters. The number of nitrogens with zero attached hydrogens (tertiary/aromatic N) is 2. The Labute approximate surface area is 198 Å². The smallest absolute Gasteiger partial charge is 0.291 e. The number of amides is 2. The van der Waals surface area contributed by atoms with Gasteiger partial charge in [0.25, 0.3) is 11.8 Å². The summed E-state index contributed by atoms with van der Waals surface area (Å²) in [7, 11) is 0. The normalized spacial score (nSPS) is 18.7. The van der Waals surface area contributed by atoms with Crippen LogP contribution in [0.2, 0.25) is 5.02 Å². The molecule has 2 aliphatic heterocycles. The number of halogens is 1. The molecule has 1 spiro atoms. The van der Waals surface area contributed by atoms with E-state index in [9.17, 15) is 14.4 Å². The minimum Gasteiger partial charge on any atom is -0.467 e. The van der Waals surface area contributed by atoms with E-state index in [1.165, 1.54) is 22.1 Å². The molecule has 0 radical (unpaired) electrons. The maximum atomic E-state index is 14.2. The predicted octanol–water partition coefficient (Wildman–Crippen LogP) is 4.47. The van der Waals surface area contributed by atoms with Crippen molar-refractivity contribution >= 4 is 40.1 Å². The van der Waals surface area contributed by atoms with Crippen LogP contribution in [0.3, 0.4) is 0 Å². The van der Waals surface area contributed by atoms with Crippen LogP contribution in [-0.4, -0.2) is 23.3 Å². The number of fused-ring (bicyclic) bond motifs is 5. The molecular weight excluding hydrogens is 456 g/mol. The Bertz CT molecular complexity index is 1570. The summed E-state index contributed by atoms with van der Waals surface area (Å²) in [6, 6.07) is 15.2. The predicted molar refractivity (Wildman–Crippen MR) is 126 cm³/mol. The van der Waals surface area contributed by atoms with Crippen molar-refractivity contribution in [3.8, 4) is 0 Å². The number of benzene rings is 2. The van der Waals surface area contributed by atoms with Gasteiger partial charge in [0.15, 0.2) is 11.0 Å². The molecule has 2 aromatic heterocycles. The fourth-order valence-corrected chi connectivity index (χ4v) is 5.23. The van der Waals surface area contributed by atoms with Crippen molar-refractivity contribution in [3.05, 3.63) is 111 Å². The maximum absolute atomic E-state index is 14.2. The molecular formula is C26H17ClN2O5. The Morgan fingerprint density at radius 2 is 1.88 bits per heavy atom. The number of furan rings is 1. The van der Waals surface area contributed by atoms with Crippen LogP contribution in [0.1, 0.15) is 27.4 Å². The quantitative estimate of drug-likeness (QED) is 0.409. The summed E-state index contributed by atoms with van der Waals surface area (Å²) in [6.07, 6.45) is 3.09. The molecule has 2 amide bonds. The first-order valence-electron chi connectivity index (χ1n) is 10.6. The van der Waals surface area contributed by atoms with Gasteiger partial charge < -0.3 is 18.6 Å². The van der Waals surface area contributed by atoms with Gasteiger partial charge in [-0.2, -0.15) is 0 Å². The van der Waals surface area contributed by atoms with Gasteiger partial charge in [-0.3, -0.25) is 14.4 Å². The molecule has 0 N–H and O–H groups in total. The Kier molecular flexibility index (Phi) is 4.34. The van der Waals surface area contributed by atoms with Crippen molar-refractivity contribution in [2.45, 2.75) is 12.1 Å². The highest BCUT2D eigenvalue weighted by atomic mass is 35.5. The monoisotopic (exact) mass is 472 g/mol. The van der Waals surface area contributed by atoms with E-state index >= 15 is 0 Å². The van der Waals surface area contributed by atoms with Gasteiger partial charge >= 0.3 is 0 Å². The summed E-state index contributed by atoms with van der Waals surface area (Å²) in [5, 5.41) is 0.544.